The van der Waals surface area contributed by atoms with Crippen molar-refractivity contribution in [1.29, 1.82) is 0 Å². The highest BCUT2D eigenvalue weighted by molar-refractivity contribution is 8.13. The highest BCUT2D eigenvalue weighted by atomic mass is 35.7. The summed E-state index contributed by atoms with van der Waals surface area (Å²) >= 11 is 11.5. The molecule has 112 valence electrons. The molecule has 0 aliphatic carbocycles. The summed E-state index contributed by atoms with van der Waals surface area (Å²) < 4.78 is 27.7. The number of rotatable bonds is 5. The minimum atomic E-state index is -4.10. The predicted molar refractivity (Wildman–Crippen MR) is 79.2 cm³/mol. The first-order valence-corrected chi connectivity index (χ1v) is 8.80. The fraction of sp³-hybridized carbons (Fsp3) is 0.417. The number of benzene rings is 1. The molecule has 0 saturated carbocycles. The normalized spacial score (nSPS) is 11.7. The van der Waals surface area contributed by atoms with E-state index in [0.717, 1.165) is 6.07 Å². The second-order valence-corrected chi connectivity index (χ2v) is 7.85. The number of halogens is 3. The Hall–Kier alpha value is -0.490. The van der Waals surface area contributed by atoms with Gasteiger partial charge in [0, 0.05) is 10.7 Å². The molecule has 1 aromatic rings. The Morgan fingerprint density at radius 2 is 1.90 bits per heavy atom. The van der Waals surface area contributed by atoms with Gasteiger partial charge in [0.05, 0.1) is 22.2 Å². The molecule has 8 heteroatoms. The van der Waals surface area contributed by atoms with Gasteiger partial charge in [-0.1, -0.05) is 37.0 Å². The number of hydrogen-bond donors (Lipinski definition) is 0. The quantitative estimate of drug-likeness (QED) is 0.586. The third-order valence-corrected chi connectivity index (χ3v) is 4.68. The molecule has 1 aromatic carbocycles. The Labute approximate surface area is 132 Å². The zero-order valence-electron chi connectivity index (χ0n) is 10.8. The van der Waals surface area contributed by atoms with E-state index < -0.39 is 19.9 Å². The van der Waals surface area contributed by atoms with Crippen molar-refractivity contribution in [3.05, 3.63) is 27.7 Å². The molecular formula is C12H13Cl3O4S. The summed E-state index contributed by atoms with van der Waals surface area (Å²) in [5.74, 6) is -0.291. The van der Waals surface area contributed by atoms with Crippen LogP contribution in [0.15, 0.2) is 17.0 Å². The summed E-state index contributed by atoms with van der Waals surface area (Å²) in [5, 5.41) is -0.301. The van der Waals surface area contributed by atoms with Crippen molar-refractivity contribution in [2.24, 2.45) is 5.92 Å². The Morgan fingerprint density at radius 3 is 2.40 bits per heavy atom. The lowest BCUT2D eigenvalue weighted by atomic mass is 10.1. The molecule has 20 heavy (non-hydrogen) atoms. The van der Waals surface area contributed by atoms with E-state index in [-0.39, 0.29) is 22.2 Å². The first kappa shape index (κ1) is 17.6. The van der Waals surface area contributed by atoms with Crippen LogP contribution in [0, 0.1) is 5.92 Å². The molecule has 0 spiro atoms. The van der Waals surface area contributed by atoms with Gasteiger partial charge in [-0.3, -0.25) is 0 Å². The summed E-state index contributed by atoms with van der Waals surface area (Å²) in [4.78, 5) is 11.4. The molecular weight excluding hydrogens is 347 g/mol. The zero-order valence-corrected chi connectivity index (χ0v) is 13.9. The number of ether oxygens (including phenoxy) is 1. The SMILES string of the molecule is CC(C)CCOC(=O)c1cc(Cl)c(Cl)c(S(=O)(=O)Cl)c1. The highest BCUT2D eigenvalue weighted by Gasteiger charge is 2.21. The van der Waals surface area contributed by atoms with Crippen molar-refractivity contribution in [3.8, 4) is 0 Å². The van der Waals surface area contributed by atoms with E-state index in [9.17, 15) is 13.2 Å². The third kappa shape index (κ3) is 4.81. The monoisotopic (exact) mass is 358 g/mol. The number of carbonyl (C=O) groups excluding carboxylic acids is 1. The van der Waals surface area contributed by atoms with Gasteiger partial charge in [0.25, 0.3) is 9.05 Å². The first-order valence-electron chi connectivity index (χ1n) is 5.73. The van der Waals surface area contributed by atoms with Crippen LogP contribution in [0.1, 0.15) is 30.6 Å². The molecule has 0 N–H and O–H groups in total. The average molecular weight is 360 g/mol. The van der Waals surface area contributed by atoms with Gasteiger partial charge in [0.2, 0.25) is 0 Å². The lowest BCUT2D eigenvalue weighted by molar-refractivity contribution is 0.0488. The number of carbonyl (C=O) groups is 1. The van der Waals surface area contributed by atoms with Crippen LogP contribution in [0.25, 0.3) is 0 Å². The first-order chi connectivity index (χ1) is 9.12. The fourth-order valence-corrected chi connectivity index (χ4v) is 3.09. The van der Waals surface area contributed by atoms with Crippen LogP contribution in [0.3, 0.4) is 0 Å². The van der Waals surface area contributed by atoms with Crippen molar-refractivity contribution in [2.45, 2.75) is 25.2 Å². The van der Waals surface area contributed by atoms with Crippen molar-refractivity contribution in [2.75, 3.05) is 6.61 Å². The molecule has 0 aliphatic rings. The van der Waals surface area contributed by atoms with Crippen LogP contribution in [0.4, 0.5) is 0 Å². The van der Waals surface area contributed by atoms with Crippen LogP contribution in [-0.4, -0.2) is 21.0 Å². The lowest BCUT2D eigenvalue weighted by Gasteiger charge is -2.09. The molecule has 0 aromatic heterocycles. The molecule has 0 saturated heterocycles. The summed E-state index contributed by atoms with van der Waals surface area (Å²) in [7, 11) is 1.14. The molecule has 0 fully saturated rings. The molecule has 0 radical (unpaired) electrons. The van der Waals surface area contributed by atoms with Gasteiger partial charge in [0.15, 0.2) is 0 Å². The van der Waals surface area contributed by atoms with Gasteiger partial charge in [-0.15, -0.1) is 0 Å². The van der Waals surface area contributed by atoms with Gasteiger partial charge in [-0.2, -0.15) is 0 Å². The van der Waals surface area contributed by atoms with Gasteiger partial charge in [-0.25, -0.2) is 13.2 Å². The Morgan fingerprint density at radius 1 is 1.30 bits per heavy atom. The van der Waals surface area contributed by atoms with Gasteiger partial charge >= 0.3 is 5.97 Å². The van der Waals surface area contributed by atoms with Gasteiger partial charge in [-0.05, 0) is 24.5 Å². The van der Waals surface area contributed by atoms with Crippen molar-refractivity contribution < 1.29 is 17.9 Å². The van der Waals surface area contributed by atoms with E-state index in [4.69, 9.17) is 38.6 Å². The minimum Gasteiger partial charge on any atom is -0.462 e. The largest absolute Gasteiger partial charge is 0.462 e. The predicted octanol–water partition coefficient (Wildman–Crippen LogP) is 4.12. The highest BCUT2D eigenvalue weighted by Crippen LogP contribution is 2.33. The van der Waals surface area contributed by atoms with Crippen molar-refractivity contribution in [1.82, 2.24) is 0 Å². The molecule has 0 heterocycles. The lowest BCUT2D eigenvalue weighted by Crippen LogP contribution is -2.09. The Bertz CT molecular complexity index is 611. The van der Waals surface area contributed by atoms with E-state index in [1.54, 1.807) is 0 Å². The Kier molecular flexibility index (Phi) is 6.13. The van der Waals surface area contributed by atoms with Crippen LogP contribution in [0.5, 0.6) is 0 Å². The fourth-order valence-electron chi connectivity index (χ4n) is 1.33. The maximum Gasteiger partial charge on any atom is 0.338 e. The number of esters is 1. The van der Waals surface area contributed by atoms with Gasteiger partial charge in [0.1, 0.15) is 4.90 Å². The molecule has 0 bridgehead atoms. The van der Waals surface area contributed by atoms with Gasteiger partial charge < -0.3 is 4.74 Å². The zero-order chi connectivity index (χ0) is 15.5. The second-order valence-electron chi connectivity index (χ2n) is 4.53. The van der Waals surface area contributed by atoms with E-state index in [0.29, 0.717) is 12.3 Å². The summed E-state index contributed by atoms with van der Waals surface area (Å²) in [6, 6.07) is 2.29. The van der Waals surface area contributed by atoms with E-state index >= 15 is 0 Å². The van der Waals surface area contributed by atoms with E-state index in [1.807, 2.05) is 13.8 Å². The van der Waals surface area contributed by atoms with Crippen LogP contribution in [0.2, 0.25) is 10.0 Å². The maximum absolute atomic E-state index is 11.8. The maximum atomic E-state index is 11.8. The molecule has 0 atom stereocenters. The average Bonchev–Trinajstić information content (AvgIpc) is 2.30. The van der Waals surface area contributed by atoms with Crippen molar-refractivity contribution in [3.63, 3.8) is 0 Å². The minimum absolute atomic E-state index is 0.0117. The third-order valence-electron chi connectivity index (χ3n) is 2.42. The standard InChI is InChI=1S/C12H13Cl3O4S/c1-7(2)3-4-19-12(16)8-5-9(13)11(14)10(6-8)20(15,17)18/h5-7H,3-4H2,1-2H3. The summed E-state index contributed by atoms with van der Waals surface area (Å²) in [5.41, 5.74) is -0.0117. The molecule has 4 nitrogen and oxygen atoms in total. The van der Waals surface area contributed by atoms with Crippen molar-refractivity contribution >= 4 is 48.9 Å². The van der Waals surface area contributed by atoms with E-state index in [2.05, 4.69) is 0 Å². The van der Waals surface area contributed by atoms with Crippen LogP contribution < -0.4 is 0 Å². The molecule has 0 unspecified atom stereocenters. The Balaban J connectivity index is 3.03. The number of hydrogen-bond acceptors (Lipinski definition) is 4. The summed E-state index contributed by atoms with van der Waals surface area (Å²) in [6.07, 6.45) is 0.702. The molecule has 1 rings (SSSR count). The molecule has 0 aliphatic heterocycles. The van der Waals surface area contributed by atoms with Crippen LogP contribution >= 0.6 is 33.9 Å². The molecule has 0 amide bonds. The summed E-state index contributed by atoms with van der Waals surface area (Å²) in [6.45, 7) is 4.22. The smallest absolute Gasteiger partial charge is 0.338 e. The van der Waals surface area contributed by atoms with Crippen LogP contribution in [-0.2, 0) is 13.8 Å². The second kappa shape index (κ2) is 6.98. The topological polar surface area (TPSA) is 60.4 Å². The van der Waals surface area contributed by atoms with E-state index in [1.165, 1.54) is 6.07 Å².